The van der Waals surface area contributed by atoms with Crippen molar-refractivity contribution in [2.45, 2.75) is 38.3 Å². The van der Waals surface area contributed by atoms with E-state index in [2.05, 4.69) is 15.9 Å². The summed E-state index contributed by atoms with van der Waals surface area (Å²) in [5.74, 6) is -0.220. The van der Waals surface area contributed by atoms with E-state index in [0.29, 0.717) is 6.54 Å². The molecule has 2 fully saturated rings. The number of halogens is 1. The second-order valence-electron chi connectivity index (χ2n) is 5.96. The molecular formula is C16H22ClN3O. The average molecular weight is 308 g/mol. The molecule has 114 valence electrons. The molecule has 0 radical (unpaired) electrons. The van der Waals surface area contributed by atoms with Gasteiger partial charge in [-0.2, -0.15) is 0 Å². The number of rotatable bonds is 4. The highest BCUT2D eigenvalue weighted by Gasteiger charge is 2.30. The van der Waals surface area contributed by atoms with E-state index in [1.54, 1.807) is 0 Å². The molecule has 0 aromatic heterocycles. The average Bonchev–Trinajstić information content (AvgIpc) is 3.11. The van der Waals surface area contributed by atoms with Crippen LogP contribution in [-0.4, -0.2) is 36.5 Å². The van der Waals surface area contributed by atoms with E-state index in [0.717, 1.165) is 43.1 Å². The van der Waals surface area contributed by atoms with Crippen molar-refractivity contribution in [2.24, 2.45) is 5.73 Å². The van der Waals surface area contributed by atoms with Gasteiger partial charge >= 0.3 is 0 Å². The van der Waals surface area contributed by atoms with Crippen LogP contribution < -0.4 is 10.6 Å². The minimum Gasteiger partial charge on any atom is -0.371 e. The zero-order valence-electron chi connectivity index (χ0n) is 12.2. The van der Waals surface area contributed by atoms with Gasteiger partial charge in [0, 0.05) is 35.9 Å². The number of nitrogens with two attached hydrogens (primary N) is 1. The number of hydrogen-bond donors (Lipinski definition) is 1. The SMILES string of the molecule is NC(=O)C1CCCN1Cc1c(Cl)cccc1N1CCCC1. The van der Waals surface area contributed by atoms with Gasteiger partial charge in [-0.05, 0) is 44.4 Å². The lowest BCUT2D eigenvalue weighted by Crippen LogP contribution is -2.40. The van der Waals surface area contributed by atoms with E-state index in [4.69, 9.17) is 17.3 Å². The molecule has 5 heteroatoms. The molecule has 1 aromatic rings. The summed E-state index contributed by atoms with van der Waals surface area (Å²) in [5, 5.41) is 0.787. The van der Waals surface area contributed by atoms with Crippen molar-refractivity contribution in [3.63, 3.8) is 0 Å². The largest absolute Gasteiger partial charge is 0.371 e. The van der Waals surface area contributed by atoms with Gasteiger partial charge < -0.3 is 10.6 Å². The number of anilines is 1. The second kappa shape index (κ2) is 6.24. The van der Waals surface area contributed by atoms with Crippen LogP contribution in [0, 0.1) is 0 Å². The molecule has 0 spiro atoms. The predicted octanol–water partition coefficient (Wildman–Crippen LogP) is 2.39. The predicted molar refractivity (Wildman–Crippen MR) is 85.5 cm³/mol. The molecule has 1 unspecified atom stereocenters. The standard InChI is InChI=1S/C16H22ClN3O/c17-13-5-3-6-14(19-8-1-2-9-19)12(13)11-20-10-4-7-15(20)16(18)21/h3,5-6,15H,1-2,4,7-11H2,(H2,18,21). The summed E-state index contributed by atoms with van der Waals surface area (Å²) in [7, 11) is 0. The van der Waals surface area contributed by atoms with Gasteiger partial charge in [-0.3, -0.25) is 9.69 Å². The van der Waals surface area contributed by atoms with Crippen LogP contribution in [0.4, 0.5) is 5.69 Å². The first-order chi connectivity index (χ1) is 10.2. The summed E-state index contributed by atoms with van der Waals surface area (Å²) in [6.45, 7) is 3.80. The Balaban J connectivity index is 1.85. The Morgan fingerprint density at radius 2 is 2.00 bits per heavy atom. The zero-order chi connectivity index (χ0) is 14.8. The van der Waals surface area contributed by atoms with E-state index < -0.39 is 0 Å². The lowest BCUT2D eigenvalue weighted by molar-refractivity contribution is -0.122. The number of primary amides is 1. The maximum Gasteiger partial charge on any atom is 0.234 e. The number of benzene rings is 1. The van der Waals surface area contributed by atoms with Gasteiger partial charge in [0.15, 0.2) is 0 Å². The summed E-state index contributed by atoms with van der Waals surface area (Å²) >= 11 is 6.44. The molecule has 1 amide bonds. The summed E-state index contributed by atoms with van der Waals surface area (Å²) in [5.41, 5.74) is 7.87. The summed E-state index contributed by atoms with van der Waals surface area (Å²) < 4.78 is 0. The highest BCUT2D eigenvalue weighted by atomic mass is 35.5. The topological polar surface area (TPSA) is 49.6 Å². The fraction of sp³-hybridized carbons (Fsp3) is 0.562. The van der Waals surface area contributed by atoms with Gasteiger partial charge in [0.05, 0.1) is 6.04 Å². The van der Waals surface area contributed by atoms with Gasteiger partial charge in [-0.25, -0.2) is 0 Å². The van der Waals surface area contributed by atoms with Crippen LogP contribution in [0.25, 0.3) is 0 Å². The molecule has 3 rings (SSSR count). The molecule has 2 saturated heterocycles. The molecule has 0 aliphatic carbocycles. The van der Waals surface area contributed by atoms with Crippen LogP contribution in [-0.2, 0) is 11.3 Å². The molecule has 2 N–H and O–H groups in total. The van der Waals surface area contributed by atoms with E-state index in [-0.39, 0.29) is 11.9 Å². The van der Waals surface area contributed by atoms with Crippen LogP contribution in [0.3, 0.4) is 0 Å². The smallest absolute Gasteiger partial charge is 0.234 e. The molecule has 1 aromatic carbocycles. The van der Waals surface area contributed by atoms with Crippen molar-refractivity contribution >= 4 is 23.2 Å². The Kier molecular flexibility index (Phi) is 4.36. The first-order valence-corrected chi connectivity index (χ1v) is 8.10. The third kappa shape index (κ3) is 3.01. The number of hydrogen-bond acceptors (Lipinski definition) is 3. The number of carbonyl (C=O) groups is 1. The quantitative estimate of drug-likeness (QED) is 0.929. The molecule has 0 bridgehead atoms. The Hall–Kier alpha value is -1.26. The minimum atomic E-state index is -0.220. The number of likely N-dealkylation sites (tertiary alicyclic amines) is 1. The van der Waals surface area contributed by atoms with Crippen molar-refractivity contribution in [1.29, 1.82) is 0 Å². The lowest BCUT2D eigenvalue weighted by atomic mass is 10.1. The fourth-order valence-corrected chi connectivity index (χ4v) is 3.73. The van der Waals surface area contributed by atoms with Gasteiger partial charge in [0.2, 0.25) is 5.91 Å². The Morgan fingerprint density at radius 1 is 1.24 bits per heavy atom. The molecule has 1 atom stereocenters. The number of carbonyl (C=O) groups excluding carboxylic acids is 1. The normalized spacial score (nSPS) is 22.9. The van der Waals surface area contributed by atoms with E-state index in [9.17, 15) is 4.79 Å². The monoisotopic (exact) mass is 307 g/mol. The molecular weight excluding hydrogens is 286 g/mol. The number of amides is 1. The maximum atomic E-state index is 11.6. The maximum absolute atomic E-state index is 11.6. The lowest BCUT2D eigenvalue weighted by Gasteiger charge is -2.27. The minimum absolute atomic E-state index is 0.146. The molecule has 0 saturated carbocycles. The van der Waals surface area contributed by atoms with Crippen LogP contribution >= 0.6 is 11.6 Å². The van der Waals surface area contributed by atoms with E-state index in [1.807, 2.05) is 12.1 Å². The molecule has 2 aliphatic rings. The molecule has 2 aliphatic heterocycles. The Labute approximate surface area is 130 Å². The van der Waals surface area contributed by atoms with Gasteiger partial charge in [0.25, 0.3) is 0 Å². The third-order valence-electron chi connectivity index (χ3n) is 4.59. The van der Waals surface area contributed by atoms with Crippen molar-refractivity contribution in [1.82, 2.24) is 4.90 Å². The molecule has 21 heavy (non-hydrogen) atoms. The van der Waals surface area contributed by atoms with Crippen LogP contribution in [0.5, 0.6) is 0 Å². The first-order valence-electron chi connectivity index (χ1n) is 7.72. The fourth-order valence-electron chi connectivity index (χ4n) is 3.50. The van der Waals surface area contributed by atoms with Crippen LogP contribution in [0.2, 0.25) is 5.02 Å². The summed E-state index contributed by atoms with van der Waals surface area (Å²) in [6, 6.07) is 5.94. The van der Waals surface area contributed by atoms with Crippen LogP contribution in [0.15, 0.2) is 18.2 Å². The van der Waals surface area contributed by atoms with Crippen molar-refractivity contribution < 1.29 is 4.79 Å². The highest BCUT2D eigenvalue weighted by molar-refractivity contribution is 6.31. The van der Waals surface area contributed by atoms with E-state index >= 15 is 0 Å². The Bertz CT molecular complexity index is 528. The first kappa shape index (κ1) is 14.7. The summed E-state index contributed by atoms with van der Waals surface area (Å²) in [6.07, 6.45) is 4.36. The highest BCUT2D eigenvalue weighted by Crippen LogP contribution is 2.32. The van der Waals surface area contributed by atoms with Gasteiger partial charge in [0.1, 0.15) is 0 Å². The summed E-state index contributed by atoms with van der Waals surface area (Å²) in [4.78, 5) is 16.1. The van der Waals surface area contributed by atoms with E-state index in [1.165, 1.54) is 18.5 Å². The zero-order valence-corrected chi connectivity index (χ0v) is 13.0. The van der Waals surface area contributed by atoms with Crippen LogP contribution in [0.1, 0.15) is 31.2 Å². The molecule has 2 heterocycles. The van der Waals surface area contributed by atoms with Gasteiger partial charge in [-0.15, -0.1) is 0 Å². The second-order valence-corrected chi connectivity index (χ2v) is 6.37. The third-order valence-corrected chi connectivity index (χ3v) is 4.95. The van der Waals surface area contributed by atoms with Crippen molar-refractivity contribution in [3.8, 4) is 0 Å². The van der Waals surface area contributed by atoms with Crippen molar-refractivity contribution in [2.75, 3.05) is 24.5 Å². The molecule has 4 nitrogen and oxygen atoms in total. The van der Waals surface area contributed by atoms with Gasteiger partial charge in [-0.1, -0.05) is 17.7 Å². The Morgan fingerprint density at radius 3 is 2.71 bits per heavy atom. The number of nitrogens with zero attached hydrogens (tertiary/aromatic N) is 2. The van der Waals surface area contributed by atoms with Crippen molar-refractivity contribution in [3.05, 3.63) is 28.8 Å².